The van der Waals surface area contributed by atoms with E-state index in [-0.39, 0.29) is 12.5 Å². The van der Waals surface area contributed by atoms with E-state index in [1.807, 2.05) is 48.7 Å². The van der Waals surface area contributed by atoms with E-state index in [9.17, 15) is 14.4 Å². The molecule has 2 saturated heterocycles. The van der Waals surface area contributed by atoms with E-state index in [2.05, 4.69) is 0 Å². The summed E-state index contributed by atoms with van der Waals surface area (Å²) in [4.78, 5) is 47.2. The molecule has 0 saturated carbocycles. The monoisotopic (exact) mass is 462 g/mol. The summed E-state index contributed by atoms with van der Waals surface area (Å²) in [6.07, 6.45) is -0.922. The largest absolute Gasteiger partial charge is 0.462 e. The zero-order valence-electron chi connectivity index (χ0n) is 18.1. The van der Waals surface area contributed by atoms with Crippen LogP contribution in [0.5, 0.6) is 0 Å². The van der Waals surface area contributed by atoms with Crippen molar-refractivity contribution >= 4 is 40.5 Å². The minimum absolute atomic E-state index is 0.270. The number of hydrogen-bond donors (Lipinski definition) is 0. The van der Waals surface area contributed by atoms with Crippen LogP contribution in [-0.4, -0.2) is 30.5 Å². The van der Waals surface area contributed by atoms with Crippen LogP contribution in [0, 0.1) is 12.8 Å². The number of imide groups is 1. The molecule has 1 aromatic heterocycles. The van der Waals surface area contributed by atoms with Crippen molar-refractivity contribution in [2.45, 2.75) is 26.0 Å². The van der Waals surface area contributed by atoms with Crippen LogP contribution in [0.2, 0.25) is 0 Å². The lowest BCUT2D eigenvalue weighted by Gasteiger charge is -2.29. The topological polar surface area (TPSA) is 76.2 Å². The Hall–Kier alpha value is -3.49. The van der Waals surface area contributed by atoms with E-state index in [1.165, 1.54) is 16.2 Å². The van der Waals surface area contributed by atoms with Gasteiger partial charge < -0.3 is 4.74 Å². The maximum Gasteiger partial charge on any atom is 0.338 e. The van der Waals surface area contributed by atoms with Gasteiger partial charge in [-0.15, -0.1) is 11.3 Å². The van der Waals surface area contributed by atoms with Gasteiger partial charge >= 0.3 is 5.97 Å². The number of anilines is 2. The molecule has 0 spiro atoms. The zero-order chi connectivity index (χ0) is 23.1. The second-order valence-corrected chi connectivity index (χ2v) is 8.88. The van der Waals surface area contributed by atoms with Crippen molar-refractivity contribution in [2.75, 3.05) is 16.6 Å². The first-order valence-electron chi connectivity index (χ1n) is 10.7. The summed E-state index contributed by atoms with van der Waals surface area (Å²) in [5, 5.41) is 3.67. The molecule has 0 N–H and O–H groups in total. The van der Waals surface area contributed by atoms with Gasteiger partial charge in [0.25, 0.3) is 5.91 Å². The second kappa shape index (κ2) is 8.46. The Balaban J connectivity index is 1.49. The molecular formula is C25H22N2O5S. The van der Waals surface area contributed by atoms with Gasteiger partial charge in [-0.05, 0) is 61.2 Å². The summed E-state index contributed by atoms with van der Waals surface area (Å²) in [5.74, 6) is -1.86. The number of benzene rings is 2. The number of ether oxygens (including phenoxy) is 1. The molecule has 0 bridgehead atoms. The maximum absolute atomic E-state index is 13.6. The Morgan fingerprint density at radius 3 is 2.45 bits per heavy atom. The molecule has 7 nitrogen and oxygen atoms in total. The van der Waals surface area contributed by atoms with E-state index in [0.29, 0.717) is 11.3 Å². The first-order chi connectivity index (χ1) is 16.0. The van der Waals surface area contributed by atoms with Crippen LogP contribution in [-0.2, 0) is 19.2 Å². The molecular weight excluding hydrogens is 440 g/mol. The number of amides is 2. The molecule has 33 heavy (non-hydrogen) atoms. The molecule has 0 radical (unpaired) electrons. The average molecular weight is 463 g/mol. The van der Waals surface area contributed by atoms with E-state index < -0.39 is 29.9 Å². The Morgan fingerprint density at radius 1 is 1.03 bits per heavy atom. The Kier molecular flexibility index (Phi) is 5.47. The van der Waals surface area contributed by atoms with Gasteiger partial charge in [0.2, 0.25) is 5.91 Å². The number of esters is 1. The predicted octanol–water partition coefficient (Wildman–Crippen LogP) is 4.28. The summed E-state index contributed by atoms with van der Waals surface area (Å²) in [5.41, 5.74) is 2.59. The summed E-state index contributed by atoms with van der Waals surface area (Å²) < 4.78 is 5.00. The van der Waals surface area contributed by atoms with Gasteiger partial charge in [0, 0.05) is 4.88 Å². The standard InChI is InChI=1S/C25H22N2O5S/c1-3-31-25(30)16-10-12-17(13-11-16)26-23(28)20-21(19-9-6-14-33-19)27(32-22(20)24(26)29)18-8-5-4-7-15(18)2/h4-14,20-22H,3H2,1-2H3/t20-,21+,22+/m1/s1. The minimum atomic E-state index is -0.922. The number of nitrogens with zero attached hydrogens (tertiary/aromatic N) is 2. The summed E-state index contributed by atoms with van der Waals surface area (Å²) in [6.45, 7) is 3.97. The molecule has 2 aromatic carbocycles. The third-order valence-electron chi connectivity index (χ3n) is 5.94. The van der Waals surface area contributed by atoms with Crippen LogP contribution >= 0.6 is 11.3 Å². The van der Waals surface area contributed by atoms with Gasteiger partial charge in [0.15, 0.2) is 6.10 Å². The quantitative estimate of drug-likeness (QED) is 0.416. The number of aryl methyl sites for hydroxylation is 1. The van der Waals surface area contributed by atoms with Gasteiger partial charge in [0.05, 0.1) is 23.5 Å². The molecule has 2 amide bonds. The van der Waals surface area contributed by atoms with Crippen LogP contribution in [0.4, 0.5) is 11.4 Å². The highest BCUT2D eigenvalue weighted by Gasteiger charge is 2.60. The fourth-order valence-corrected chi connectivity index (χ4v) is 5.25. The summed E-state index contributed by atoms with van der Waals surface area (Å²) >= 11 is 1.53. The summed E-state index contributed by atoms with van der Waals surface area (Å²) in [6, 6.07) is 17.5. The smallest absolute Gasteiger partial charge is 0.338 e. The van der Waals surface area contributed by atoms with Gasteiger partial charge in [-0.25, -0.2) is 14.8 Å². The Morgan fingerprint density at radius 2 is 1.79 bits per heavy atom. The van der Waals surface area contributed by atoms with Gasteiger partial charge in [0.1, 0.15) is 12.0 Å². The maximum atomic E-state index is 13.6. The van der Waals surface area contributed by atoms with Crippen molar-refractivity contribution in [3.05, 3.63) is 82.0 Å². The number of fused-ring (bicyclic) bond motifs is 1. The second-order valence-electron chi connectivity index (χ2n) is 7.90. The van der Waals surface area contributed by atoms with Crippen molar-refractivity contribution in [1.82, 2.24) is 0 Å². The molecule has 2 fully saturated rings. The Labute approximate surface area is 195 Å². The first-order valence-corrected chi connectivity index (χ1v) is 11.6. The molecule has 0 unspecified atom stereocenters. The molecule has 3 heterocycles. The molecule has 0 aliphatic carbocycles. The van der Waals surface area contributed by atoms with Crippen molar-refractivity contribution < 1.29 is 24.0 Å². The number of rotatable bonds is 5. The third-order valence-corrected chi connectivity index (χ3v) is 6.88. The van der Waals surface area contributed by atoms with E-state index in [0.717, 1.165) is 16.1 Å². The number of thiophene rings is 1. The van der Waals surface area contributed by atoms with Gasteiger partial charge in [-0.1, -0.05) is 24.3 Å². The fraction of sp³-hybridized carbons (Fsp3) is 0.240. The molecule has 5 rings (SSSR count). The van der Waals surface area contributed by atoms with Crippen molar-refractivity contribution in [3.63, 3.8) is 0 Å². The highest BCUT2D eigenvalue weighted by molar-refractivity contribution is 7.10. The molecule has 3 atom stereocenters. The SMILES string of the molecule is CCOC(=O)c1ccc(N2C(=O)[C@H]3[C@H](ON(c4ccccc4C)[C@H]3c3cccs3)C2=O)cc1. The third kappa shape index (κ3) is 3.51. The number of para-hydroxylation sites is 1. The van der Waals surface area contributed by atoms with E-state index >= 15 is 0 Å². The molecule has 168 valence electrons. The molecule has 3 aromatic rings. The van der Waals surface area contributed by atoms with Crippen molar-refractivity contribution in [2.24, 2.45) is 5.92 Å². The van der Waals surface area contributed by atoms with Crippen molar-refractivity contribution in [3.8, 4) is 0 Å². The zero-order valence-corrected chi connectivity index (χ0v) is 19.0. The van der Waals surface area contributed by atoms with Crippen LogP contribution in [0.15, 0.2) is 66.0 Å². The van der Waals surface area contributed by atoms with Gasteiger partial charge in [-0.3, -0.25) is 14.4 Å². The molecule has 8 heteroatoms. The number of hydrogen-bond acceptors (Lipinski definition) is 7. The number of carbonyl (C=O) groups is 3. The normalized spacial score (nSPS) is 22.1. The highest BCUT2D eigenvalue weighted by Crippen LogP contribution is 2.49. The lowest BCUT2D eigenvalue weighted by molar-refractivity contribution is -0.126. The average Bonchev–Trinajstić information content (AvgIpc) is 3.52. The Bertz CT molecular complexity index is 1210. The van der Waals surface area contributed by atoms with Crippen LogP contribution in [0.3, 0.4) is 0 Å². The number of carbonyl (C=O) groups excluding carboxylic acids is 3. The van der Waals surface area contributed by atoms with Crippen LogP contribution in [0.25, 0.3) is 0 Å². The van der Waals surface area contributed by atoms with Crippen molar-refractivity contribution in [1.29, 1.82) is 0 Å². The van der Waals surface area contributed by atoms with Crippen LogP contribution < -0.4 is 9.96 Å². The summed E-state index contributed by atoms with van der Waals surface area (Å²) in [7, 11) is 0. The lowest BCUT2D eigenvalue weighted by Crippen LogP contribution is -2.37. The first kappa shape index (κ1) is 21.4. The molecule has 2 aliphatic rings. The predicted molar refractivity (Wildman–Crippen MR) is 124 cm³/mol. The fourth-order valence-electron chi connectivity index (χ4n) is 4.40. The lowest BCUT2D eigenvalue weighted by atomic mass is 9.95. The molecule has 2 aliphatic heterocycles. The number of hydroxylamine groups is 1. The minimum Gasteiger partial charge on any atom is -0.462 e. The van der Waals surface area contributed by atoms with Crippen LogP contribution in [0.1, 0.15) is 33.8 Å². The highest BCUT2D eigenvalue weighted by atomic mass is 32.1. The van der Waals surface area contributed by atoms with Gasteiger partial charge in [-0.2, -0.15) is 0 Å². The van der Waals surface area contributed by atoms with E-state index in [4.69, 9.17) is 9.57 Å². The van der Waals surface area contributed by atoms with E-state index in [1.54, 1.807) is 36.3 Å².